The molecular weight excluding hydrogens is 444 g/mol. The molecule has 0 unspecified atom stereocenters. The van der Waals surface area contributed by atoms with E-state index in [0.29, 0.717) is 27.6 Å². The van der Waals surface area contributed by atoms with Crippen LogP contribution < -0.4 is 10.9 Å². The first-order valence-electron chi connectivity index (χ1n) is 10.4. The van der Waals surface area contributed by atoms with Gasteiger partial charge in [-0.3, -0.25) is 19.0 Å². The number of aryl methyl sites for hydroxylation is 3. The minimum atomic E-state index is -0.503. The molecule has 32 heavy (non-hydrogen) atoms. The summed E-state index contributed by atoms with van der Waals surface area (Å²) in [5.74, 6) is -0.471. The summed E-state index contributed by atoms with van der Waals surface area (Å²) in [6, 6.07) is 7.48. The molecule has 1 aromatic carbocycles. The molecule has 0 aliphatic heterocycles. The van der Waals surface area contributed by atoms with Crippen LogP contribution in [0, 0.1) is 20.8 Å². The smallest absolute Gasteiger partial charge is 0.263 e. The van der Waals surface area contributed by atoms with Crippen LogP contribution in [0.15, 0.2) is 34.2 Å². The highest BCUT2D eigenvalue weighted by molar-refractivity contribution is 8.00. The summed E-state index contributed by atoms with van der Waals surface area (Å²) in [4.78, 5) is 46.1. The number of anilines is 1. The zero-order chi connectivity index (χ0) is 23.6. The Morgan fingerprint density at radius 3 is 2.50 bits per heavy atom. The van der Waals surface area contributed by atoms with Crippen LogP contribution in [-0.4, -0.2) is 45.1 Å². The Bertz CT molecular complexity index is 1210. The fourth-order valence-corrected chi connectivity index (χ4v) is 5.48. The van der Waals surface area contributed by atoms with Gasteiger partial charge in [0.05, 0.1) is 17.2 Å². The Hall–Kier alpha value is -2.65. The summed E-state index contributed by atoms with van der Waals surface area (Å²) >= 11 is 2.74. The number of nitrogens with one attached hydrogen (secondary N) is 1. The van der Waals surface area contributed by atoms with Crippen molar-refractivity contribution in [2.75, 3.05) is 18.9 Å². The van der Waals surface area contributed by atoms with Crippen LogP contribution in [0.3, 0.4) is 0 Å². The lowest BCUT2D eigenvalue weighted by molar-refractivity contribution is -0.132. The van der Waals surface area contributed by atoms with E-state index in [-0.39, 0.29) is 23.9 Å². The summed E-state index contributed by atoms with van der Waals surface area (Å²) < 4.78 is 1.61. The molecule has 170 valence electrons. The molecule has 1 N–H and O–H groups in total. The van der Waals surface area contributed by atoms with E-state index in [2.05, 4.69) is 10.3 Å². The zero-order valence-corrected chi connectivity index (χ0v) is 20.8. The lowest BCUT2D eigenvalue weighted by atomic mass is 10.2. The number of rotatable bonds is 7. The number of aromatic nitrogens is 2. The van der Waals surface area contributed by atoms with Gasteiger partial charge in [-0.1, -0.05) is 29.5 Å². The van der Waals surface area contributed by atoms with Gasteiger partial charge >= 0.3 is 0 Å². The van der Waals surface area contributed by atoms with Crippen LogP contribution in [0.2, 0.25) is 0 Å². The molecule has 1 atom stereocenters. The van der Waals surface area contributed by atoms with Gasteiger partial charge in [0.2, 0.25) is 11.8 Å². The van der Waals surface area contributed by atoms with Crippen LogP contribution in [0.1, 0.15) is 29.9 Å². The Kier molecular flexibility index (Phi) is 7.40. The molecule has 3 rings (SSSR count). The predicted octanol–water partition coefficient (Wildman–Crippen LogP) is 3.98. The van der Waals surface area contributed by atoms with Crippen molar-refractivity contribution in [2.24, 2.45) is 0 Å². The van der Waals surface area contributed by atoms with Crippen molar-refractivity contribution in [1.29, 1.82) is 0 Å². The molecule has 0 fully saturated rings. The van der Waals surface area contributed by atoms with E-state index in [1.165, 1.54) is 28.0 Å². The van der Waals surface area contributed by atoms with Gasteiger partial charge in [0.1, 0.15) is 4.83 Å². The van der Waals surface area contributed by atoms with Crippen LogP contribution in [0.25, 0.3) is 10.2 Å². The van der Waals surface area contributed by atoms with E-state index in [1.54, 1.807) is 18.5 Å². The van der Waals surface area contributed by atoms with Crippen molar-refractivity contribution in [3.05, 3.63) is 50.6 Å². The second kappa shape index (κ2) is 9.87. The van der Waals surface area contributed by atoms with Crippen LogP contribution in [-0.2, 0) is 16.1 Å². The molecular formula is C23H28N4O3S2. The van der Waals surface area contributed by atoms with E-state index >= 15 is 0 Å². The van der Waals surface area contributed by atoms with Crippen LogP contribution in [0.4, 0.5) is 5.69 Å². The minimum Gasteiger partial charge on any atom is -0.335 e. The Morgan fingerprint density at radius 2 is 1.88 bits per heavy atom. The fraction of sp³-hybridized carbons (Fsp3) is 0.391. The van der Waals surface area contributed by atoms with E-state index in [4.69, 9.17) is 0 Å². The number of carbonyl (C=O) groups is 2. The third-order valence-corrected chi connectivity index (χ3v) is 7.47. The topological polar surface area (TPSA) is 84.3 Å². The summed E-state index contributed by atoms with van der Waals surface area (Å²) in [6.45, 7) is 9.95. The molecule has 0 radical (unpaired) electrons. The maximum absolute atomic E-state index is 13.0. The van der Waals surface area contributed by atoms with Crippen LogP contribution in [0.5, 0.6) is 0 Å². The number of carbonyl (C=O) groups excluding carboxylic acids is 2. The van der Waals surface area contributed by atoms with Gasteiger partial charge in [0.15, 0.2) is 5.16 Å². The summed E-state index contributed by atoms with van der Waals surface area (Å²) in [5.41, 5.74) is 2.68. The monoisotopic (exact) mass is 472 g/mol. The Labute approximate surface area is 195 Å². The number of fused-ring (bicyclic) bond motifs is 1. The average molecular weight is 473 g/mol. The number of hydrogen-bond acceptors (Lipinski definition) is 6. The van der Waals surface area contributed by atoms with Gasteiger partial charge in [-0.15, -0.1) is 11.3 Å². The van der Waals surface area contributed by atoms with Crippen molar-refractivity contribution >= 4 is 50.8 Å². The molecule has 0 bridgehead atoms. The molecule has 0 saturated heterocycles. The third kappa shape index (κ3) is 5.05. The number of hydrogen-bond donors (Lipinski definition) is 1. The maximum atomic E-state index is 13.0. The Balaban J connectivity index is 1.72. The standard InChI is InChI=1S/C23H28N4O3S2/c1-7-27-22(30)19-14(3)15(4)31-20(19)25-23(27)32-16(5)21(29)26(6)12-18(28)24-17-10-8-13(2)9-11-17/h8-11,16H,7,12H2,1-6H3,(H,24,28)/t16-/m1/s1. The molecule has 2 heterocycles. The van der Waals surface area contributed by atoms with Crippen molar-refractivity contribution in [2.45, 2.75) is 51.6 Å². The summed E-state index contributed by atoms with van der Waals surface area (Å²) in [7, 11) is 1.60. The number of thiophene rings is 1. The SMILES string of the molecule is CCn1c(S[C@H](C)C(=O)N(C)CC(=O)Nc2ccc(C)cc2)nc2sc(C)c(C)c2c1=O. The lowest BCUT2D eigenvalue weighted by Gasteiger charge is -2.21. The van der Waals surface area contributed by atoms with Crippen molar-refractivity contribution in [3.63, 3.8) is 0 Å². The quantitative estimate of drug-likeness (QED) is 0.415. The number of nitrogens with zero attached hydrogens (tertiary/aromatic N) is 3. The highest BCUT2D eigenvalue weighted by Crippen LogP contribution is 2.30. The highest BCUT2D eigenvalue weighted by atomic mass is 32.2. The number of benzene rings is 1. The second-order valence-electron chi connectivity index (χ2n) is 7.78. The first kappa shape index (κ1) is 24.0. The highest BCUT2D eigenvalue weighted by Gasteiger charge is 2.24. The molecule has 9 heteroatoms. The van der Waals surface area contributed by atoms with Crippen molar-refractivity contribution in [1.82, 2.24) is 14.5 Å². The average Bonchev–Trinajstić information content (AvgIpc) is 3.02. The minimum absolute atomic E-state index is 0.0615. The van der Waals surface area contributed by atoms with Gasteiger partial charge in [0, 0.05) is 24.2 Å². The van der Waals surface area contributed by atoms with E-state index in [9.17, 15) is 14.4 Å². The van der Waals surface area contributed by atoms with Gasteiger partial charge < -0.3 is 10.2 Å². The zero-order valence-electron chi connectivity index (χ0n) is 19.2. The first-order valence-corrected chi connectivity index (χ1v) is 12.1. The molecule has 0 aliphatic carbocycles. The Morgan fingerprint density at radius 1 is 1.22 bits per heavy atom. The molecule has 0 spiro atoms. The number of amides is 2. The van der Waals surface area contributed by atoms with E-state index in [0.717, 1.165) is 16.0 Å². The molecule has 7 nitrogen and oxygen atoms in total. The van der Waals surface area contributed by atoms with Gasteiger partial charge in [0.25, 0.3) is 5.56 Å². The van der Waals surface area contributed by atoms with Gasteiger partial charge in [-0.05, 0) is 52.3 Å². The van der Waals surface area contributed by atoms with E-state index < -0.39 is 5.25 Å². The maximum Gasteiger partial charge on any atom is 0.263 e. The second-order valence-corrected chi connectivity index (χ2v) is 10.3. The molecule has 0 saturated carbocycles. The fourth-order valence-electron chi connectivity index (χ4n) is 3.33. The van der Waals surface area contributed by atoms with Crippen LogP contribution >= 0.6 is 23.1 Å². The van der Waals surface area contributed by atoms with Crippen molar-refractivity contribution < 1.29 is 9.59 Å². The molecule has 0 aliphatic rings. The molecule has 2 amide bonds. The normalized spacial score (nSPS) is 12.1. The molecule has 2 aromatic heterocycles. The van der Waals surface area contributed by atoms with E-state index in [1.807, 2.05) is 52.0 Å². The molecule has 3 aromatic rings. The predicted molar refractivity (Wildman–Crippen MR) is 132 cm³/mol. The largest absolute Gasteiger partial charge is 0.335 e. The van der Waals surface area contributed by atoms with Crippen molar-refractivity contribution in [3.8, 4) is 0 Å². The lowest BCUT2D eigenvalue weighted by Crippen LogP contribution is -2.39. The summed E-state index contributed by atoms with van der Waals surface area (Å²) in [5, 5.41) is 3.47. The number of likely N-dealkylation sites (N-methyl/N-ethyl adjacent to an activating group) is 1. The van der Waals surface area contributed by atoms with Gasteiger partial charge in [-0.25, -0.2) is 4.98 Å². The third-order valence-electron chi connectivity index (χ3n) is 5.29. The first-order chi connectivity index (χ1) is 15.1. The summed E-state index contributed by atoms with van der Waals surface area (Å²) in [6.07, 6.45) is 0. The number of thioether (sulfide) groups is 1. The van der Waals surface area contributed by atoms with Gasteiger partial charge in [-0.2, -0.15) is 0 Å².